The Balaban J connectivity index is 1.71. The summed E-state index contributed by atoms with van der Waals surface area (Å²) in [5.74, 6) is -0.652. The standard InChI is InChI=1S/C14H17N5O3/c15-13(21)10-4-3-8-17(10)12(20)6-9-19-14(22)18-7-2-1-5-11(18)16-19/h1-2,5,7,10H,3-4,6,8-9H2,(H2,15,21). The molecule has 2 aromatic rings. The molecule has 1 fully saturated rings. The number of fused-ring (bicyclic) bond motifs is 1. The highest BCUT2D eigenvalue weighted by Gasteiger charge is 2.32. The van der Waals surface area contributed by atoms with Crippen LogP contribution >= 0.6 is 0 Å². The number of aryl methyl sites for hydroxylation is 1. The zero-order chi connectivity index (χ0) is 15.7. The number of rotatable bonds is 4. The van der Waals surface area contributed by atoms with Gasteiger partial charge in [-0.25, -0.2) is 9.48 Å². The minimum Gasteiger partial charge on any atom is -0.368 e. The number of carbonyl (C=O) groups is 2. The van der Waals surface area contributed by atoms with Gasteiger partial charge in [0.05, 0.1) is 6.54 Å². The van der Waals surface area contributed by atoms with Crippen LogP contribution in [-0.2, 0) is 16.1 Å². The van der Waals surface area contributed by atoms with Gasteiger partial charge in [0.1, 0.15) is 6.04 Å². The van der Waals surface area contributed by atoms with Crippen LogP contribution < -0.4 is 11.4 Å². The summed E-state index contributed by atoms with van der Waals surface area (Å²) in [6, 6.07) is 4.74. The van der Waals surface area contributed by atoms with Crippen molar-refractivity contribution in [2.24, 2.45) is 5.73 Å². The third-order valence-corrected chi connectivity index (χ3v) is 3.93. The molecular formula is C14H17N5O3. The van der Waals surface area contributed by atoms with Crippen LogP contribution in [0.3, 0.4) is 0 Å². The zero-order valence-corrected chi connectivity index (χ0v) is 12.0. The lowest BCUT2D eigenvalue weighted by Gasteiger charge is -2.21. The first kappa shape index (κ1) is 14.3. The summed E-state index contributed by atoms with van der Waals surface area (Å²) in [7, 11) is 0. The number of hydrogen-bond acceptors (Lipinski definition) is 4. The molecule has 1 unspecified atom stereocenters. The molecule has 8 heteroatoms. The van der Waals surface area contributed by atoms with Crippen molar-refractivity contribution in [1.82, 2.24) is 19.1 Å². The Kier molecular flexibility index (Phi) is 3.66. The van der Waals surface area contributed by atoms with E-state index >= 15 is 0 Å². The van der Waals surface area contributed by atoms with Crippen LogP contribution in [0.1, 0.15) is 19.3 Å². The van der Waals surface area contributed by atoms with Crippen molar-refractivity contribution in [3.05, 3.63) is 34.9 Å². The van der Waals surface area contributed by atoms with Crippen LogP contribution in [-0.4, -0.2) is 43.5 Å². The normalized spacial score (nSPS) is 18.0. The first-order valence-electron chi connectivity index (χ1n) is 7.21. The monoisotopic (exact) mass is 303 g/mol. The van der Waals surface area contributed by atoms with Gasteiger partial charge >= 0.3 is 5.69 Å². The molecule has 0 saturated carbocycles. The largest absolute Gasteiger partial charge is 0.368 e. The third kappa shape index (κ3) is 2.47. The van der Waals surface area contributed by atoms with Crippen molar-refractivity contribution in [3.8, 4) is 0 Å². The van der Waals surface area contributed by atoms with Crippen LogP contribution in [0.5, 0.6) is 0 Å². The summed E-state index contributed by atoms with van der Waals surface area (Å²) in [4.78, 5) is 37.2. The van der Waals surface area contributed by atoms with Gasteiger partial charge in [0.2, 0.25) is 11.8 Å². The van der Waals surface area contributed by atoms with Gasteiger partial charge in [-0.15, -0.1) is 5.10 Å². The minimum atomic E-state index is -0.523. The Morgan fingerprint density at radius 2 is 2.18 bits per heavy atom. The number of carbonyl (C=O) groups excluding carboxylic acids is 2. The number of primary amides is 1. The Morgan fingerprint density at radius 1 is 1.36 bits per heavy atom. The summed E-state index contributed by atoms with van der Waals surface area (Å²) in [5, 5.41) is 4.17. The molecule has 2 amide bonds. The highest BCUT2D eigenvalue weighted by Crippen LogP contribution is 2.17. The lowest BCUT2D eigenvalue weighted by atomic mass is 10.2. The van der Waals surface area contributed by atoms with E-state index in [1.807, 2.05) is 0 Å². The van der Waals surface area contributed by atoms with Crippen molar-refractivity contribution in [2.45, 2.75) is 31.8 Å². The first-order chi connectivity index (χ1) is 10.6. The van der Waals surface area contributed by atoms with E-state index in [9.17, 15) is 14.4 Å². The Hall–Kier alpha value is -2.64. The van der Waals surface area contributed by atoms with E-state index in [-0.39, 0.29) is 24.6 Å². The summed E-state index contributed by atoms with van der Waals surface area (Å²) >= 11 is 0. The maximum atomic E-state index is 12.2. The first-order valence-corrected chi connectivity index (χ1v) is 7.21. The smallest absolute Gasteiger partial charge is 0.350 e. The molecule has 8 nitrogen and oxygen atoms in total. The molecular weight excluding hydrogens is 286 g/mol. The number of hydrogen-bond donors (Lipinski definition) is 1. The zero-order valence-electron chi connectivity index (χ0n) is 12.0. The number of nitrogens with zero attached hydrogens (tertiary/aromatic N) is 4. The van der Waals surface area contributed by atoms with E-state index in [1.165, 1.54) is 14.0 Å². The number of pyridine rings is 1. The minimum absolute atomic E-state index is 0.119. The summed E-state index contributed by atoms with van der Waals surface area (Å²) < 4.78 is 2.69. The fourth-order valence-corrected chi connectivity index (χ4v) is 2.82. The van der Waals surface area contributed by atoms with Crippen LogP contribution in [0.15, 0.2) is 29.2 Å². The molecule has 3 rings (SSSR count). The van der Waals surface area contributed by atoms with Gasteiger partial charge in [-0.05, 0) is 25.0 Å². The number of nitrogens with two attached hydrogens (primary N) is 1. The summed E-state index contributed by atoms with van der Waals surface area (Å²) in [6.07, 6.45) is 3.13. The lowest BCUT2D eigenvalue weighted by Crippen LogP contribution is -2.44. The molecule has 1 aliphatic rings. The molecule has 2 N–H and O–H groups in total. The van der Waals surface area contributed by atoms with Crippen molar-refractivity contribution in [1.29, 1.82) is 0 Å². The van der Waals surface area contributed by atoms with Crippen molar-refractivity contribution >= 4 is 17.5 Å². The van der Waals surface area contributed by atoms with Crippen molar-refractivity contribution in [3.63, 3.8) is 0 Å². The molecule has 0 aromatic carbocycles. The van der Waals surface area contributed by atoms with Gasteiger partial charge in [-0.1, -0.05) is 6.07 Å². The van der Waals surface area contributed by atoms with E-state index in [4.69, 9.17) is 5.73 Å². The van der Waals surface area contributed by atoms with Gasteiger partial charge in [-0.3, -0.25) is 14.0 Å². The van der Waals surface area contributed by atoms with E-state index in [0.29, 0.717) is 18.6 Å². The Morgan fingerprint density at radius 3 is 2.91 bits per heavy atom. The van der Waals surface area contributed by atoms with Gasteiger partial charge in [-0.2, -0.15) is 0 Å². The second-order valence-electron chi connectivity index (χ2n) is 5.33. The molecule has 1 aliphatic heterocycles. The number of amides is 2. The van der Waals surface area contributed by atoms with Crippen LogP contribution in [0.25, 0.3) is 5.65 Å². The summed E-state index contributed by atoms with van der Waals surface area (Å²) in [5.41, 5.74) is 5.56. The molecule has 1 saturated heterocycles. The molecule has 0 bridgehead atoms. The lowest BCUT2D eigenvalue weighted by molar-refractivity contribution is -0.137. The fraction of sp³-hybridized carbons (Fsp3) is 0.429. The molecule has 0 radical (unpaired) electrons. The Bertz CT molecular complexity index is 778. The molecule has 3 heterocycles. The molecule has 2 aromatic heterocycles. The highest BCUT2D eigenvalue weighted by molar-refractivity contribution is 5.87. The van der Waals surface area contributed by atoms with Crippen molar-refractivity contribution < 1.29 is 9.59 Å². The summed E-state index contributed by atoms with van der Waals surface area (Å²) in [6.45, 7) is 0.716. The third-order valence-electron chi connectivity index (χ3n) is 3.93. The van der Waals surface area contributed by atoms with E-state index in [1.54, 1.807) is 24.4 Å². The van der Waals surface area contributed by atoms with Gasteiger partial charge in [0, 0.05) is 19.2 Å². The predicted molar refractivity (Wildman–Crippen MR) is 78.0 cm³/mol. The molecule has 0 aliphatic carbocycles. The maximum Gasteiger partial charge on any atom is 0.350 e. The van der Waals surface area contributed by atoms with Gasteiger partial charge in [0.25, 0.3) is 0 Å². The SMILES string of the molecule is NC(=O)C1CCCN1C(=O)CCn1nc2ccccn2c1=O. The van der Waals surface area contributed by atoms with E-state index in [2.05, 4.69) is 5.10 Å². The molecule has 116 valence electrons. The van der Waals surface area contributed by atoms with E-state index in [0.717, 1.165) is 6.42 Å². The van der Waals surface area contributed by atoms with Crippen LogP contribution in [0.2, 0.25) is 0 Å². The van der Waals surface area contributed by atoms with Gasteiger partial charge < -0.3 is 10.6 Å². The quantitative estimate of drug-likeness (QED) is 0.811. The average molecular weight is 303 g/mol. The molecule has 0 spiro atoms. The van der Waals surface area contributed by atoms with E-state index < -0.39 is 11.9 Å². The predicted octanol–water partition coefficient (Wildman–Crippen LogP) is -0.638. The second kappa shape index (κ2) is 5.63. The average Bonchev–Trinajstić information content (AvgIpc) is 3.11. The van der Waals surface area contributed by atoms with Crippen LogP contribution in [0.4, 0.5) is 0 Å². The number of aromatic nitrogens is 3. The van der Waals surface area contributed by atoms with Crippen molar-refractivity contribution in [2.75, 3.05) is 6.54 Å². The topological polar surface area (TPSA) is 103 Å². The molecule has 22 heavy (non-hydrogen) atoms. The van der Waals surface area contributed by atoms with Gasteiger partial charge in [0.15, 0.2) is 5.65 Å². The number of likely N-dealkylation sites (tertiary alicyclic amines) is 1. The second-order valence-corrected chi connectivity index (χ2v) is 5.33. The Labute approximate surface area is 126 Å². The van der Waals surface area contributed by atoms with Crippen LogP contribution in [0, 0.1) is 0 Å². The molecule has 1 atom stereocenters. The highest BCUT2D eigenvalue weighted by atomic mass is 16.2. The fourth-order valence-electron chi connectivity index (χ4n) is 2.82. The maximum absolute atomic E-state index is 12.2.